The molecule has 2 heteroatoms. The van der Waals surface area contributed by atoms with Gasteiger partial charge in [-0.2, -0.15) is 0 Å². The minimum absolute atomic E-state index is 0.160. The van der Waals surface area contributed by atoms with Gasteiger partial charge < -0.3 is 4.74 Å². The van der Waals surface area contributed by atoms with Crippen molar-refractivity contribution < 1.29 is 4.74 Å². The third-order valence-electron chi connectivity index (χ3n) is 2.57. The Balaban J connectivity index is 2.63. The van der Waals surface area contributed by atoms with Crippen molar-refractivity contribution in [1.82, 2.24) is 0 Å². The molecule has 0 heterocycles. The highest BCUT2D eigenvalue weighted by Gasteiger charge is 2.11. The van der Waals surface area contributed by atoms with Crippen LogP contribution in [0.4, 0.5) is 0 Å². The normalized spacial score (nSPS) is 14.7. The molecule has 2 unspecified atom stereocenters. The number of benzene rings is 1. The summed E-state index contributed by atoms with van der Waals surface area (Å²) in [5.41, 5.74) is 1.27. The molecular weight excluding hydrogens is 208 g/mol. The summed E-state index contributed by atoms with van der Waals surface area (Å²) in [6.07, 6.45) is 1.04. The molecule has 0 saturated carbocycles. The summed E-state index contributed by atoms with van der Waals surface area (Å²) in [6.45, 7) is 7.04. The lowest BCUT2D eigenvalue weighted by Gasteiger charge is -2.14. The highest BCUT2D eigenvalue weighted by atomic mass is 35.5. The van der Waals surface area contributed by atoms with E-state index >= 15 is 0 Å². The van der Waals surface area contributed by atoms with Crippen molar-refractivity contribution in [2.75, 3.05) is 6.61 Å². The van der Waals surface area contributed by atoms with Gasteiger partial charge in [0.2, 0.25) is 0 Å². The van der Waals surface area contributed by atoms with Crippen LogP contribution in [0.3, 0.4) is 0 Å². The van der Waals surface area contributed by atoms with E-state index in [1.807, 2.05) is 19.1 Å². The molecule has 0 amide bonds. The van der Waals surface area contributed by atoms with E-state index in [4.69, 9.17) is 16.3 Å². The van der Waals surface area contributed by atoms with E-state index in [1.54, 1.807) is 0 Å². The summed E-state index contributed by atoms with van der Waals surface area (Å²) in [4.78, 5) is 0. The van der Waals surface area contributed by atoms with Gasteiger partial charge in [0.1, 0.15) is 5.75 Å². The summed E-state index contributed by atoms with van der Waals surface area (Å²) in [5, 5.41) is 0.160. The van der Waals surface area contributed by atoms with Gasteiger partial charge in [0, 0.05) is 5.38 Å². The van der Waals surface area contributed by atoms with Crippen LogP contribution in [0, 0.1) is 0 Å². The Hall–Kier alpha value is -0.690. The predicted octanol–water partition coefficient (Wildman–Crippen LogP) is 4.21. The number of alkyl halides is 1. The van der Waals surface area contributed by atoms with E-state index in [1.165, 1.54) is 5.56 Å². The van der Waals surface area contributed by atoms with Crippen LogP contribution < -0.4 is 4.74 Å². The highest BCUT2D eigenvalue weighted by Crippen LogP contribution is 2.24. The molecule has 1 aromatic carbocycles. The lowest BCUT2D eigenvalue weighted by molar-refractivity contribution is 0.317. The largest absolute Gasteiger partial charge is 0.494 e. The van der Waals surface area contributed by atoms with E-state index < -0.39 is 0 Å². The van der Waals surface area contributed by atoms with Crippen LogP contribution in [-0.2, 0) is 0 Å². The topological polar surface area (TPSA) is 9.23 Å². The Morgan fingerprint density at radius 3 is 2.27 bits per heavy atom. The summed E-state index contributed by atoms with van der Waals surface area (Å²) < 4.78 is 5.52. The minimum atomic E-state index is 0.160. The van der Waals surface area contributed by atoms with Gasteiger partial charge >= 0.3 is 0 Å². The maximum Gasteiger partial charge on any atom is 0.119 e. The fourth-order valence-corrected chi connectivity index (χ4v) is 1.50. The lowest BCUT2D eigenvalue weighted by Crippen LogP contribution is -2.04. The van der Waals surface area contributed by atoms with Crippen LogP contribution >= 0.6 is 11.6 Å². The molecule has 1 aromatic rings. The van der Waals surface area contributed by atoms with Crippen molar-refractivity contribution in [1.29, 1.82) is 0 Å². The van der Waals surface area contributed by atoms with E-state index in [9.17, 15) is 0 Å². The molecule has 0 aliphatic heterocycles. The molecule has 0 spiro atoms. The molecule has 15 heavy (non-hydrogen) atoms. The second kappa shape index (κ2) is 6.02. The molecule has 1 rings (SSSR count). The fraction of sp³-hybridized carbons (Fsp3) is 0.538. The van der Waals surface area contributed by atoms with Crippen LogP contribution in [0.25, 0.3) is 0 Å². The molecule has 0 aliphatic carbocycles. The molecule has 0 aromatic heterocycles. The van der Waals surface area contributed by atoms with Crippen molar-refractivity contribution in [2.24, 2.45) is 0 Å². The first-order chi connectivity index (χ1) is 7.15. The van der Waals surface area contributed by atoms with Crippen molar-refractivity contribution in [3.05, 3.63) is 29.8 Å². The van der Waals surface area contributed by atoms with Gasteiger partial charge in [-0.3, -0.25) is 0 Å². The van der Waals surface area contributed by atoms with Crippen molar-refractivity contribution in [3.8, 4) is 5.75 Å². The molecule has 0 N–H and O–H groups in total. The average Bonchev–Trinajstić information content (AvgIpc) is 2.26. The van der Waals surface area contributed by atoms with Crippen LogP contribution in [0.5, 0.6) is 5.75 Å². The van der Waals surface area contributed by atoms with Gasteiger partial charge in [-0.15, -0.1) is 11.6 Å². The lowest BCUT2D eigenvalue weighted by atomic mass is 9.98. The van der Waals surface area contributed by atoms with Gasteiger partial charge in [0.25, 0.3) is 0 Å². The third-order valence-corrected chi connectivity index (χ3v) is 2.95. The molecule has 0 fully saturated rings. The van der Waals surface area contributed by atoms with Crippen LogP contribution in [0.1, 0.15) is 38.7 Å². The first-order valence-corrected chi connectivity index (χ1v) is 5.95. The van der Waals surface area contributed by atoms with Crippen molar-refractivity contribution in [2.45, 2.75) is 38.5 Å². The van der Waals surface area contributed by atoms with Crippen molar-refractivity contribution in [3.63, 3.8) is 0 Å². The quantitative estimate of drug-likeness (QED) is 0.684. The maximum absolute atomic E-state index is 6.05. The van der Waals surface area contributed by atoms with Crippen LogP contribution in [-0.4, -0.2) is 12.0 Å². The average molecular weight is 227 g/mol. The van der Waals surface area contributed by atoms with Crippen LogP contribution in [0.2, 0.25) is 0 Å². The molecule has 84 valence electrons. The Bertz CT molecular complexity index is 279. The number of hydrogen-bond donors (Lipinski definition) is 0. The first kappa shape index (κ1) is 12.4. The molecule has 0 saturated heterocycles. The van der Waals surface area contributed by atoms with Gasteiger partial charge in [-0.25, -0.2) is 0 Å². The third kappa shape index (κ3) is 3.75. The predicted molar refractivity (Wildman–Crippen MR) is 66.0 cm³/mol. The monoisotopic (exact) mass is 226 g/mol. The minimum Gasteiger partial charge on any atom is -0.494 e. The van der Waals surface area contributed by atoms with E-state index in [0.717, 1.165) is 18.8 Å². The summed E-state index contributed by atoms with van der Waals surface area (Å²) in [5.74, 6) is 1.32. The molecule has 0 radical (unpaired) electrons. The number of rotatable bonds is 5. The Morgan fingerprint density at radius 1 is 1.20 bits per heavy atom. The SMILES string of the molecule is CCCOc1ccc(C(C)C(C)Cl)cc1. The first-order valence-electron chi connectivity index (χ1n) is 5.52. The summed E-state index contributed by atoms with van der Waals surface area (Å²) in [7, 11) is 0. The second-order valence-corrected chi connectivity index (χ2v) is 4.57. The summed E-state index contributed by atoms with van der Waals surface area (Å²) >= 11 is 6.05. The van der Waals surface area contributed by atoms with E-state index in [2.05, 4.69) is 26.0 Å². The number of halogens is 1. The molecular formula is C13H19ClO. The maximum atomic E-state index is 6.05. The second-order valence-electron chi connectivity index (χ2n) is 3.88. The van der Waals surface area contributed by atoms with Gasteiger partial charge in [0.05, 0.1) is 6.61 Å². The Labute approximate surface area is 97.4 Å². The zero-order valence-electron chi connectivity index (χ0n) is 9.66. The highest BCUT2D eigenvalue weighted by molar-refractivity contribution is 6.20. The number of hydrogen-bond acceptors (Lipinski definition) is 1. The Morgan fingerprint density at radius 2 is 1.80 bits per heavy atom. The zero-order valence-corrected chi connectivity index (χ0v) is 10.4. The van der Waals surface area contributed by atoms with E-state index in [0.29, 0.717) is 5.92 Å². The van der Waals surface area contributed by atoms with Gasteiger partial charge in [-0.05, 0) is 37.0 Å². The van der Waals surface area contributed by atoms with Crippen molar-refractivity contribution >= 4 is 11.6 Å². The molecule has 1 nitrogen and oxygen atoms in total. The van der Waals surface area contributed by atoms with Gasteiger partial charge in [0.15, 0.2) is 0 Å². The fourth-order valence-electron chi connectivity index (χ4n) is 1.35. The van der Waals surface area contributed by atoms with E-state index in [-0.39, 0.29) is 5.38 Å². The molecule has 2 atom stereocenters. The molecule has 0 aliphatic rings. The van der Waals surface area contributed by atoms with Gasteiger partial charge in [-0.1, -0.05) is 26.0 Å². The summed E-state index contributed by atoms with van der Waals surface area (Å²) in [6, 6.07) is 8.21. The number of ether oxygens (including phenoxy) is 1. The molecule has 0 bridgehead atoms. The Kier molecular flexibility index (Phi) is 4.97. The smallest absolute Gasteiger partial charge is 0.119 e. The van der Waals surface area contributed by atoms with Crippen LogP contribution in [0.15, 0.2) is 24.3 Å². The standard InChI is InChI=1S/C13H19ClO/c1-4-9-15-13-7-5-12(6-8-13)10(2)11(3)14/h5-8,10-11H,4,9H2,1-3H3. The zero-order chi connectivity index (χ0) is 11.3.